The number of nitrogens with zero attached hydrogens (tertiary/aromatic N) is 3. The predicted molar refractivity (Wildman–Crippen MR) is 79.6 cm³/mol. The first-order chi connectivity index (χ1) is 9.13. The molecular weight excluding hydrogens is 256 g/mol. The van der Waals surface area contributed by atoms with E-state index >= 15 is 0 Å². The number of rotatable bonds is 2. The Hall–Kier alpha value is -1.88. The summed E-state index contributed by atoms with van der Waals surface area (Å²) in [6, 6.07) is 8.22. The minimum absolute atomic E-state index is 0.287. The fourth-order valence-corrected chi connectivity index (χ4v) is 3.27. The monoisotopic (exact) mass is 272 g/mol. The first-order valence-electron chi connectivity index (χ1n) is 6.19. The molecule has 2 aromatic rings. The number of aromatic nitrogens is 1. The van der Waals surface area contributed by atoms with Gasteiger partial charge in [-0.1, -0.05) is 18.2 Å². The Bertz CT molecular complexity index is 620. The average molecular weight is 272 g/mol. The minimum atomic E-state index is -0.287. The van der Waals surface area contributed by atoms with E-state index in [0.29, 0.717) is 12.5 Å². The number of nitrogens with two attached hydrogens (primary N) is 1. The molecule has 2 heterocycles. The number of thiazole rings is 1. The van der Waals surface area contributed by atoms with Gasteiger partial charge in [0.1, 0.15) is 10.5 Å². The summed E-state index contributed by atoms with van der Waals surface area (Å²) in [5, 5.41) is 3.03. The number of hydrogen-bond donors (Lipinski definition) is 1. The van der Waals surface area contributed by atoms with E-state index in [-0.39, 0.29) is 5.54 Å². The Kier molecular flexibility index (Phi) is 2.78. The lowest BCUT2D eigenvalue weighted by molar-refractivity contribution is 0.528. The Morgan fingerprint density at radius 3 is 2.84 bits per heavy atom. The summed E-state index contributed by atoms with van der Waals surface area (Å²) in [4.78, 5) is 11.0. The largest absolute Gasteiger partial charge is 0.369 e. The summed E-state index contributed by atoms with van der Waals surface area (Å²) in [5.41, 5.74) is 8.11. The van der Waals surface area contributed by atoms with E-state index in [9.17, 15) is 0 Å². The van der Waals surface area contributed by atoms with Crippen LogP contribution in [0.5, 0.6) is 0 Å². The fourth-order valence-electron chi connectivity index (χ4n) is 2.49. The molecule has 1 aliphatic heterocycles. The highest BCUT2D eigenvalue weighted by Gasteiger charge is 2.43. The standard InChI is InChI=1S/C14H16N4S/c1-10-5-3-4-6-11(10)18-13(15)17-9-14(18,2)12-16-7-8-19-12/h3-8H,9H2,1-2H3,(H2,15,17). The van der Waals surface area contributed by atoms with E-state index < -0.39 is 0 Å². The lowest BCUT2D eigenvalue weighted by Gasteiger charge is -2.35. The van der Waals surface area contributed by atoms with Gasteiger partial charge in [-0.25, -0.2) is 4.98 Å². The van der Waals surface area contributed by atoms with Gasteiger partial charge in [-0.2, -0.15) is 0 Å². The second-order valence-corrected chi connectivity index (χ2v) is 5.80. The Balaban J connectivity index is 2.12. The van der Waals surface area contributed by atoms with Gasteiger partial charge in [-0.3, -0.25) is 9.89 Å². The van der Waals surface area contributed by atoms with Crippen molar-refractivity contribution in [2.24, 2.45) is 10.7 Å². The zero-order chi connectivity index (χ0) is 13.5. The van der Waals surface area contributed by atoms with E-state index in [1.807, 2.05) is 23.7 Å². The summed E-state index contributed by atoms with van der Waals surface area (Å²) in [5.74, 6) is 0.562. The van der Waals surface area contributed by atoms with Crippen LogP contribution in [0.25, 0.3) is 0 Å². The van der Waals surface area contributed by atoms with Crippen molar-refractivity contribution in [3.05, 3.63) is 46.4 Å². The molecule has 0 fully saturated rings. The highest BCUT2D eigenvalue weighted by molar-refractivity contribution is 7.09. The molecule has 1 atom stereocenters. The third kappa shape index (κ3) is 1.81. The first kappa shape index (κ1) is 12.2. The molecule has 19 heavy (non-hydrogen) atoms. The van der Waals surface area contributed by atoms with Crippen LogP contribution in [-0.4, -0.2) is 17.5 Å². The second-order valence-electron chi connectivity index (χ2n) is 4.91. The van der Waals surface area contributed by atoms with Gasteiger partial charge in [0.2, 0.25) is 0 Å². The van der Waals surface area contributed by atoms with E-state index in [1.165, 1.54) is 5.56 Å². The van der Waals surface area contributed by atoms with Gasteiger partial charge in [0.25, 0.3) is 0 Å². The molecule has 0 bridgehead atoms. The van der Waals surface area contributed by atoms with Crippen LogP contribution >= 0.6 is 11.3 Å². The van der Waals surface area contributed by atoms with Crippen LogP contribution in [0.2, 0.25) is 0 Å². The lowest BCUT2D eigenvalue weighted by Crippen LogP contribution is -2.48. The number of guanidine groups is 1. The number of hydrogen-bond acceptors (Lipinski definition) is 5. The van der Waals surface area contributed by atoms with Gasteiger partial charge in [-0.05, 0) is 25.5 Å². The third-order valence-electron chi connectivity index (χ3n) is 3.52. The number of aliphatic imine (C=N–C) groups is 1. The highest BCUT2D eigenvalue weighted by atomic mass is 32.1. The quantitative estimate of drug-likeness (QED) is 0.914. The molecule has 1 aliphatic rings. The van der Waals surface area contributed by atoms with Crippen LogP contribution in [0.15, 0.2) is 40.8 Å². The molecule has 0 saturated carbocycles. The van der Waals surface area contributed by atoms with Crippen LogP contribution < -0.4 is 10.6 Å². The van der Waals surface area contributed by atoms with E-state index in [1.54, 1.807) is 11.3 Å². The Morgan fingerprint density at radius 1 is 1.37 bits per heavy atom. The maximum Gasteiger partial charge on any atom is 0.196 e. The molecule has 0 spiro atoms. The summed E-state index contributed by atoms with van der Waals surface area (Å²) in [6.07, 6.45) is 1.83. The molecule has 0 radical (unpaired) electrons. The summed E-state index contributed by atoms with van der Waals surface area (Å²) in [6.45, 7) is 4.87. The van der Waals surface area contributed by atoms with Crippen molar-refractivity contribution in [2.45, 2.75) is 19.4 Å². The van der Waals surface area contributed by atoms with Crippen molar-refractivity contribution >= 4 is 23.0 Å². The molecule has 0 saturated heterocycles. The van der Waals surface area contributed by atoms with Crippen molar-refractivity contribution in [1.29, 1.82) is 0 Å². The number of aryl methyl sites for hydroxylation is 1. The van der Waals surface area contributed by atoms with Crippen LogP contribution in [0.4, 0.5) is 5.69 Å². The molecule has 5 heteroatoms. The van der Waals surface area contributed by atoms with Crippen molar-refractivity contribution in [1.82, 2.24) is 4.98 Å². The van der Waals surface area contributed by atoms with Gasteiger partial charge in [0.15, 0.2) is 5.96 Å². The first-order valence-corrected chi connectivity index (χ1v) is 7.06. The number of anilines is 1. The molecule has 3 rings (SSSR count). The normalized spacial score (nSPS) is 22.6. The van der Waals surface area contributed by atoms with Gasteiger partial charge < -0.3 is 5.73 Å². The maximum atomic E-state index is 6.11. The molecule has 4 nitrogen and oxygen atoms in total. The minimum Gasteiger partial charge on any atom is -0.369 e. The molecule has 0 aliphatic carbocycles. The smallest absolute Gasteiger partial charge is 0.196 e. The number of benzene rings is 1. The van der Waals surface area contributed by atoms with E-state index in [4.69, 9.17) is 5.73 Å². The summed E-state index contributed by atoms with van der Waals surface area (Å²) in [7, 11) is 0. The van der Waals surface area contributed by atoms with Crippen LogP contribution in [-0.2, 0) is 5.54 Å². The van der Waals surface area contributed by atoms with Crippen molar-refractivity contribution in [3.63, 3.8) is 0 Å². The van der Waals surface area contributed by atoms with E-state index in [2.05, 4.69) is 40.9 Å². The van der Waals surface area contributed by atoms with Gasteiger partial charge >= 0.3 is 0 Å². The van der Waals surface area contributed by atoms with Gasteiger partial charge in [-0.15, -0.1) is 11.3 Å². The molecule has 2 N–H and O–H groups in total. The Labute approximate surface area is 116 Å². The average Bonchev–Trinajstić information content (AvgIpc) is 3.01. The van der Waals surface area contributed by atoms with E-state index in [0.717, 1.165) is 10.7 Å². The highest BCUT2D eigenvalue weighted by Crippen LogP contribution is 2.38. The topological polar surface area (TPSA) is 54.5 Å². The molecule has 98 valence electrons. The maximum absolute atomic E-state index is 6.11. The third-order valence-corrected chi connectivity index (χ3v) is 4.55. The van der Waals surface area contributed by atoms with Crippen molar-refractivity contribution in [3.8, 4) is 0 Å². The molecule has 1 aromatic carbocycles. The molecule has 1 aromatic heterocycles. The van der Waals surface area contributed by atoms with Gasteiger partial charge in [0.05, 0.1) is 6.54 Å². The summed E-state index contributed by atoms with van der Waals surface area (Å²) >= 11 is 1.64. The van der Waals surface area contributed by atoms with Crippen LogP contribution in [0, 0.1) is 6.92 Å². The van der Waals surface area contributed by atoms with Crippen LogP contribution in [0.1, 0.15) is 17.5 Å². The van der Waals surface area contributed by atoms with Crippen molar-refractivity contribution < 1.29 is 0 Å². The summed E-state index contributed by atoms with van der Waals surface area (Å²) < 4.78 is 0. The van der Waals surface area contributed by atoms with Gasteiger partial charge in [0, 0.05) is 17.3 Å². The lowest BCUT2D eigenvalue weighted by atomic mass is 10.0. The fraction of sp³-hybridized carbons (Fsp3) is 0.286. The van der Waals surface area contributed by atoms with Crippen LogP contribution in [0.3, 0.4) is 0 Å². The predicted octanol–water partition coefficient (Wildman–Crippen LogP) is 2.50. The number of para-hydroxylation sites is 1. The molecule has 0 amide bonds. The Morgan fingerprint density at radius 2 is 2.16 bits per heavy atom. The zero-order valence-electron chi connectivity index (χ0n) is 11.0. The zero-order valence-corrected chi connectivity index (χ0v) is 11.8. The molecule has 1 unspecified atom stereocenters. The molecular formula is C14H16N4S. The SMILES string of the molecule is Cc1ccccc1N1C(N)=NCC1(C)c1nccs1. The van der Waals surface area contributed by atoms with Crippen molar-refractivity contribution in [2.75, 3.05) is 11.4 Å². The second kappa shape index (κ2) is 4.35.